The Morgan fingerprint density at radius 2 is 2.29 bits per heavy atom. The number of nitrogens with zero attached hydrogens (tertiary/aromatic N) is 1. The van der Waals surface area contributed by atoms with Gasteiger partial charge in [-0.15, -0.1) is 0 Å². The number of carbonyl (C=O) groups is 1. The fourth-order valence-corrected chi connectivity index (χ4v) is 1.93. The van der Waals surface area contributed by atoms with Gasteiger partial charge in [-0.3, -0.25) is 4.79 Å². The molecule has 4 nitrogen and oxygen atoms in total. The molecule has 0 unspecified atom stereocenters. The van der Waals surface area contributed by atoms with Crippen LogP contribution in [-0.4, -0.2) is 22.0 Å². The molecule has 0 saturated heterocycles. The molecule has 1 heterocycles. The third-order valence-corrected chi connectivity index (χ3v) is 2.61. The van der Waals surface area contributed by atoms with E-state index in [2.05, 4.69) is 9.69 Å². The molecule has 2 aromatic rings. The maximum atomic E-state index is 10.3. The number of carboxylic acid groups (broad SMARTS) is 1. The predicted octanol–water partition coefficient (Wildman–Crippen LogP) is 1.79. The van der Waals surface area contributed by atoms with E-state index in [0.29, 0.717) is 5.82 Å². The summed E-state index contributed by atoms with van der Waals surface area (Å²) in [5, 5.41) is 12.2. The average Bonchev–Trinajstić information content (AvgIpc) is 2.58. The minimum Gasteiger partial charge on any atom is -0.480 e. The molecule has 0 fully saturated rings. The van der Waals surface area contributed by atoms with Crippen LogP contribution in [0.2, 0.25) is 0 Å². The maximum absolute atomic E-state index is 10.3. The molecule has 0 aliphatic heterocycles. The lowest BCUT2D eigenvalue weighted by Crippen LogP contribution is -2.12. The highest BCUT2D eigenvalue weighted by Crippen LogP contribution is 2.25. The van der Waals surface area contributed by atoms with E-state index in [1.165, 1.54) is 11.5 Å². The molecule has 0 aliphatic rings. The fraction of sp³-hybridized carbons (Fsp3) is 0.111. The Hall–Kier alpha value is -1.62. The van der Waals surface area contributed by atoms with Gasteiger partial charge in [0.15, 0.2) is 0 Å². The van der Waals surface area contributed by atoms with E-state index >= 15 is 0 Å². The number of hydrogen-bond donors (Lipinski definition) is 2. The summed E-state index contributed by atoms with van der Waals surface area (Å²) in [5.74, 6) is -0.241. The SMILES string of the molecule is O=C(O)CNc1nsc2ccccc12. The van der Waals surface area contributed by atoms with Gasteiger partial charge in [-0.2, -0.15) is 4.37 Å². The normalized spacial score (nSPS) is 10.3. The first-order valence-corrected chi connectivity index (χ1v) is 4.85. The zero-order valence-corrected chi connectivity index (χ0v) is 8.04. The van der Waals surface area contributed by atoms with Crippen LogP contribution in [0.4, 0.5) is 5.82 Å². The molecular formula is C9H8N2O2S. The first kappa shape index (κ1) is 8.96. The molecule has 0 radical (unpaired) electrons. The lowest BCUT2D eigenvalue weighted by molar-refractivity contribution is -0.134. The Kier molecular flexibility index (Phi) is 2.32. The van der Waals surface area contributed by atoms with Gasteiger partial charge >= 0.3 is 5.97 Å². The first-order valence-electron chi connectivity index (χ1n) is 4.07. The van der Waals surface area contributed by atoms with E-state index in [9.17, 15) is 4.79 Å². The molecule has 0 spiro atoms. The summed E-state index contributed by atoms with van der Waals surface area (Å²) in [4.78, 5) is 10.3. The standard InChI is InChI=1S/C9H8N2O2S/c12-8(13)5-10-9-6-3-1-2-4-7(6)14-11-9/h1-4H,5H2,(H,10,11)(H,12,13). The number of fused-ring (bicyclic) bond motifs is 1. The zero-order valence-electron chi connectivity index (χ0n) is 7.23. The quantitative estimate of drug-likeness (QED) is 0.807. The molecule has 5 heteroatoms. The molecule has 0 amide bonds. The van der Waals surface area contributed by atoms with Crippen LogP contribution in [0.25, 0.3) is 10.1 Å². The number of carboxylic acids is 1. The number of anilines is 1. The first-order chi connectivity index (χ1) is 6.77. The second-order valence-corrected chi connectivity index (χ2v) is 3.58. The van der Waals surface area contributed by atoms with Gasteiger partial charge in [0.1, 0.15) is 12.4 Å². The van der Waals surface area contributed by atoms with Gasteiger partial charge in [0.05, 0.1) is 4.70 Å². The number of rotatable bonds is 3. The van der Waals surface area contributed by atoms with E-state index in [1.54, 1.807) is 0 Å². The lowest BCUT2D eigenvalue weighted by Gasteiger charge is -1.98. The van der Waals surface area contributed by atoms with Gasteiger partial charge in [0.2, 0.25) is 0 Å². The summed E-state index contributed by atoms with van der Waals surface area (Å²) in [6.45, 7) is -0.103. The molecule has 0 aliphatic carbocycles. The van der Waals surface area contributed by atoms with Crippen molar-refractivity contribution in [2.75, 3.05) is 11.9 Å². The minimum absolute atomic E-state index is 0.103. The minimum atomic E-state index is -0.887. The summed E-state index contributed by atoms with van der Waals surface area (Å²) >= 11 is 1.36. The molecule has 2 N–H and O–H groups in total. The number of hydrogen-bond acceptors (Lipinski definition) is 4. The molecule has 14 heavy (non-hydrogen) atoms. The van der Waals surface area contributed by atoms with Crippen molar-refractivity contribution < 1.29 is 9.90 Å². The van der Waals surface area contributed by atoms with Crippen molar-refractivity contribution in [3.8, 4) is 0 Å². The topological polar surface area (TPSA) is 62.2 Å². The van der Waals surface area contributed by atoms with Crippen LogP contribution in [0, 0.1) is 0 Å². The molecule has 1 aromatic heterocycles. The second kappa shape index (κ2) is 3.63. The molecule has 2 rings (SSSR count). The van der Waals surface area contributed by atoms with Gasteiger partial charge in [-0.1, -0.05) is 12.1 Å². The van der Waals surface area contributed by atoms with Crippen molar-refractivity contribution in [3.05, 3.63) is 24.3 Å². The van der Waals surface area contributed by atoms with Crippen LogP contribution in [0.15, 0.2) is 24.3 Å². The van der Waals surface area contributed by atoms with E-state index < -0.39 is 5.97 Å². The van der Waals surface area contributed by atoms with Gasteiger partial charge in [0.25, 0.3) is 0 Å². The number of aromatic nitrogens is 1. The maximum Gasteiger partial charge on any atom is 0.322 e. The molecular weight excluding hydrogens is 200 g/mol. The van der Waals surface area contributed by atoms with E-state index in [4.69, 9.17) is 5.11 Å². The molecule has 72 valence electrons. The van der Waals surface area contributed by atoms with Crippen LogP contribution in [0.1, 0.15) is 0 Å². The summed E-state index contributed by atoms with van der Waals surface area (Å²) in [5.41, 5.74) is 0. The van der Waals surface area contributed by atoms with Crippen LogP contribution < -0.4 is 5.32 Å². The molecule has 0 atom stereocenters. The Labute approximate surface area is 84.3 Å². The molecule has 1 aromatic carbocycles. The van der Waals surface area contributed by atoms with Crippen LogP contribution in [0.3, 0.4) is 0 Å². The summed E-state index contributed by atoms with van der Waals surface area (Å²) in [7, 11) is 0. The smallest absolute Gasteiger partial charge is 0.322 e. The van der Waals surface area contributed by atoms with Crippen molar-refractivity contribution in [3.63, 3.8) is 0 Å². The largest absolute Gasteiger partial charge is 0.480 e. The Bertz CT molecular complexity index is 467. The zero-order chi connectivity index (χ0) is 9.97. The van der Waals surface area contributed by atoms with Gasteiger partial charge < -0.3 is 10.4 Å². The third-order valence-electron chi connectivity index (χ3n) is 1.78. The lowest BCUT2D eigenvalue weighted by atomic mass is 10.2. The number of aliphatic carboxylic acids is 1. The predicted molar refractivity (Wildman–Crippen MR) is 55.7 cm³/mol. The third kappa shape index (κ3) is 1.67. The van der Waals surface area contributed by atoms with Crippen LogP contribution in [0.5, 0.6) is 0 Å². The van der Waals surface area contributed by atoms with Gasteiger partial charge in [-0.25, -0.2) is 0 Å². The van der Waals surface area contributed by atoms with Crippen LogP contribution in [-0.2, 0) is 4.79 Å². The monoisotopic (exact) mass is 208 g/mol. The van der Waals surface area contributed by atoms with Crippen molar-refractivity contribution in [2.45, 2.75) is 0 Å². The van der Waals surface area contributed by atoms with E-state index in [1.807, 2.05) is 24.3 Å². The van der Waals surface area contributed by atoms with Crippen molar-refractivity contribution >= 4 is 33.4 Å². The Balaban J connectivity index is 2.29. The van der Waals surface area contributed by atoms with Crippen molar-refractivity contribution in [1.82, 2.24) is 4.37 Å². The van der Waals surface area contributed by atoms with Gasteiger partial charge in [0, 0.05) is 5.39 Å². The van der Waals surface area contributed by atoms with Crippen molar-refractivity contribution in [2.24, 2.45) is 0 Å². The number of nitrogens with one attached hydrogen (secondary N) is 1. The molecule has 0 bridgehead atoms. The summed E-state index contributed by atoms with van der Waals surface area (Å²) in [6, 6.07) is 7.71. The second-order valence-electron chi connectivity index (χ2n) is 2.77. The summed E-state index contributed by atoms with van der Waals surface area (Å²) in [6.07, 6.45) is 0. The van der Waals surface area contributed by atoms with E-state index in [-0.39, 0.29) is 6.54 Å². The highest BCUT2D eigenvalue weighted by molar-refractivity contribution is 7.13. The average molecular weight is 208 g/mol. The van der Waals surface area contributed by atoms with Crippen LogP contribution >= 0.6 is 11.5 Å². The fourth-order valence-electron chi connectivity index (χ4n) is 1.17. The highest BCUT2D eigenvalue weighted by atomic mass is 32.1. The Morgan fingerprint density at radius 1 is 1.50 bits per heavy atom. The molecule has 0 saturated carbocycles. The highest BCUT2D eigenvalue weighted by Gasteiger charge is 2.05. The Morgan fingerprint density at radius 3 is 3.07 bits per heavy atom. The van der Waals surface area contributed by atoms with Gasteiger partial charge in [-0.05, 0) is 23.7 Å². The summed E-state index contributed by atoms with van der Waals surface area (Å²) < 4.78 is 5.19. The number of benzene rings is 1. The van der Waals surface area contributed by atoms with Crippen molar-refractivity contribution in [1.29, 1.82) is 0 Å². The van der Waals surface area contributed by atoms with E-state index in [0.717, 1.165) is 10.1 Å².